The van der Waals surface area contributed by atoms with E-state index in [4.69, 9.17) is 11.6 Å². The Balaban J connectivity index is 1.67. The van der Waals surface area contributed by atoms with Gasteiger partial charge in [-0.25, -0.2) is 9.78 Å². The third-order valence-corrected chi connectivity index (χ3v) is 4.58. The smallest absolute Gasteiger partial charge is 0.321 e. The summed E-state index contributed by atoms with van der Waals surface area (Å²) in [7, 11) is 0. The number of urea groups is 1. The number of nitrogens with one attached hydrogen (secondary N) is 2. The van der Waals surface area contributed by atoms with Gasteiger partial charge in [0.25, 0.3) is 0 Å². The van der Waals surface area contributed by atoms with E-state index in [1.807, 2.05) is 36.6 Å². The van der Waals surface area contributed by atoms with Crippen LogP contribution in [0.1, 0.15) is 30.1 Å². The van der Waals surface area contributed by atoms with Crippen molar-refractivity contribution in [1.29, 1.82) is 0 Å². The zero-order chi connectivity index (χ0) is 14.8. The van der Waals surface area contributed by atoms with Crippen molar-refractivity contribution in [2.24, 2.45) is 5.92 Å². The monoisotopic (exact) mass is 321 g/mol. The Kier molecular flexibility index (Phi) is 4.12. The average Bonchev–Trinajstić information content (AvgIpc) is 3.21. The quantitative estimate of drug-likeness (QED) is 0.878. The van der Waals surface area contributed by atoms with Gasteiger partial charge in [0.05, 0.1) is 11.7 Å². The van der Waals surface area contributed by atoms with Gasteiger partial charge < -0.3 is 5.32 Å². The molecule has 0 saturated heterocycles. The normalized spacial score (nSPS) is 15.5. The van der Waals surface area contributed by atoms with Crippen LogP contribution in [0.4, 0.5) is 9.93 Å². The first-order valence-electron chi connectivity index (χ1n) is 6.87. The number of hydrogen-bond acceptors (Lipinski definition) is 3. The van der Waals surface area contributed by atoms with Crippen molar-refractivity contribution in [3.8, 4) is 0 Å². The molecule has 1 atom stereocenters. The van der Waals surface area contributed by atoms with Gasteiger partial charge in [0.15, 0.2) is 5.13 Å². The molecule has 2 N–H and O–H groups in total. The lowest BCUT2D eigenvalue weighted by atomic mass is 10.0. The second kappa shape index (κ2) is 6.03. The standard InChI is InChI=1S/C15H16ClN3OS/c1-9-8-21-15(17-9)19-14(20)18-13(10-2-3-10)11-4-6-12(16)7-5-11/h4-8,10,13H,2-3H2,1H3,(H2,17,18,19,20). The summed E-state index contributed by atoms with van der Waals surface area (Å²) in [5.41, 5.74) is 2.00. The zero-order valence-corrected chi connectivity index (χ0v) is 13.2. The number of rotatable bonds is 4. The highest BCUT2D eigenvalue weighted by atomic mass is 35.5. The number of hydrogen-bond donors (Lipinski definition) is 2. The summed E-state index contributed by atoms with van der Waals surface area (Å²) < 4.78 is 0. The van der Waals surface area contributed by atoms with Gasteiger partial charge in [-0.05, 0) is 43.4 Å². The number of thiazole rings is 1. The Labute approximate surface area is 132 Å². The summed E-state index contributed by atoms with van der Waals surface area (Å²) in [4.78, 5) is 16.4. The summed E-state index contributed by atoms with van der Waals surface area (Å²) in [5.74, 6) is 0.509. The number of carbonyl (C=O) groups is 1. The fourth-order valence-corrected chi connectivity index (χ4v) is 3.07. The molecule has 2 aromatic rings. The van der Waals surface area contributed by atoms with Crippen LogP contribution in [0.5, 0.6) is 0 Å². The summed E-state index contributed by atoms with van der Waals surface area (Å²) in [6.45, 7) is 1.90. The second-order valence-corrected chi connectivity index (χ2v) is 6.55. The number of nitrogens with zero attached hydrogens (tertiary/aromatic N) is 1. The van der Waals surface area contributed by atoms with E-state index in [-0.39, 0.29) is 12.1 Å². The van der Waals surface area contributed by atoms with Gasteiger partial charge in [-0.2, -0.15) is 0 Å². The molecule has 0 aliphatic heterocycles. The maximum atomic E-state index is 12.1. The largest absolute Gasteiger partial charge is 0.331 e. The number of benzene rings is 1. The Bertz CT molecular complexity index is 637. The molecule has 1 unspecified atom stereocenters. The Morgan fingerprint density at radius 1 is 1.38 bits per heavy atom. The Morgan fingerprint density at radius 2 is 2.10 bits per heavy atom. The van der Waals surface area contributed by atoms with Gasteiger partial charge in [-0.3, -0.25) is 5.32 Å². The van der Waals surface area contributed by atoms with Crippen LogP contribution < -0.4 is 10.6 Å². The summed E-state index contributed by atoms with van der Waals surface area (Å²) in [6.07, 6.45) is 2.29. The van der Waals surface area contributed by atoms with Gasteiger partial charge in [0.2, 0.25) is 0 Å². The topological polar surface area (TPSA) is 54.0 Å². The third kappa shape index (κ3) is 3.74. The van der Waals surface area contributed by atoms with Gasteiger partial charge >= 0.3 is 6.03 Å². The minimum atomic E-state index is -0.212. The molecule has 4 nitrogen and oxygen atoms in total. The third-order valence-electron chi connectivity index (χ3n) is 3.45. The highest BCUT2D eigenvalue weighted by molar-refractivity contribution is 7.13. The van der Waals surface area contributed by atoms with Crippen molar-refractivity contribution in [3.05, 3.63) is 45.9 Å². The lowest BCUT2D eigenvalue weighted by Gasteiger charge is -2.18. The van der Waals surface area contributed by atoms with Crippen molar-refractivity contribution in [1.82, 2.24) is 10.3 Å². The molecule has 1 saturated carbocycles. The number of anilines is 1. The maximum absolute atomic E-state index is 12.1. The van der Waals surface area contributed by atoms with Gasteiger partial charge in [0.1, 0.15) is 0 Å². The van der Waals surface area contributed by atoms with Crippen LogP contribution in [0, 0.1) is 12.8 Å². The van der Waals surface area contributed by atoms with Crippen LogP contribution in [0.15, 0.2) is 29.6 Å². The van der Waals surface area contributed by atoms with Crippen LogP contribution in [0.2, 0.25) is 5.02 Å². The van der Waals surface area contributed by atoms with Crippen molar-refractivity contribution in [2.45, 2.75) is 25.8 Å². The molecule has 3 rings (SSSR count). The lowest BCUT2D eigenvalue weighted by molar-refractivity contribution is 0.247. The second-order valence-electron chi connectivity index (χ2n) is 5.26. The fourth-order valence-electron chi connectivity index (χ4n) is 2.26. The predicted molar refractivity (Wildman–Crippen MR) is 85.9 cm³/mol. The van der Waals surface area contributed by atoms with E-state index in [9.17, 15) is 4.79 Å². The molecule has 0 bridgehead atoms. The maximum Gasteiger partial charge on any atom is 0.321 e. The van der Waals surface area contributed by atoms with E-state index in [1.165, 1.54) is 11.3 Å². The first-order chi connectivity index (χ1) is 10.1. The van der Waals surface area contributed by atoms with Crippen molar-refractivity contribution in [2.75, 3.05) is 5.32 Å². The van der Waals surface area contributed by atoms with Gasteiger partial charge in [0, 0.05) is 10.4 Å². The molecule has 1 aliphatic carbocycles. The molecule has 1 fully saturated rings. The van der Waals surface area contributed by atoms with E-state index in [0.29, 0.717) is 16.1 Å². The molecule has 2 amide bonds. The highest BCUT2D eigenvalue weighted by Gasteiger charge is 2.33. The van der Waals surface area contributed by atoms with Crippen molar-refractivity contribution >= 4 is 34.1 Å². The number of carbonyl (C=O) groups excluding carboxylic acids is 1. The van der Waals surface area contributed by atoms with Crippen LogP contribution in [-0.2, 0) is 0 Å². The molecule has 0 radical (unpaired) electrons. The van der Waals surface area contributed by atoms with E-state index in [0.717, 1.165) is 24.1 Å². The van der Waals surface area contributed by atoms with Crippen LogP contribution in [0.25, 0.3) is 0 Å². The molecular formula is C15H16ClN3OS. The first-order valence-corrected chi connectivity index (χ1v) is 8.12. The average molecular weight is 322 g/mol. The minimum absolute atomic E-state index is 0.0309. The van der Waals surface area contributed by atoms with Crippen molar-refractivity contribution < 1.29 is 4.79 Å². The number of amides is 2. The summed E-state index contributed by atoms with van der Waals surface area (Å²) in [6, 6.07) is 7.48. The Hall–Kier alpha value is -1.59. The zero-order valence-electron chi connectivity index (χ0n) is 11.6. The van der Waals surface area contributed by atoms with Crippen LogP contribution in [0.3, 0.4) is 0 Å². The minimum Gasteiger partial charge on any atom is -0.331 e. The highest BCUT2D eigenvalue weighted by Crippen LogP contribution is 2.41. The molecule has 1 heterocycles. The molecular weight excluding hydrogens is 306 g/mol. The molecule has 1 aromatic carbocycles. The SMILES string of the molecule is Cc1csc(NC(=O)NC(c2ccc(Cl)cc2)C2CC2)n1. The van der Waals surface area contributed by atoms with Gasteiger partial charge in [-0.15, -0.1) is 11.3 Å². The van der Waals surface area contributed by atoms with Crippen LogP contribution >= 0.6 is 22.9 Å². The van der Waals surface area contributed by atoms with Gasteiger partial charge in [-0.1, -0.05) is 23.7 Å². The molecule has 0 spiro atoms. The van der Waals surface area contributed by atoms with E-state index in [2.05, 4.69) is 15.6 Å². The predicted octanol–water partition coefficient (Wildman–Crippen LogP) is 4.38. The fraction of sp³-hybridized carbons (Fsp3) is 0.333. The Morgan fingerprint density at radius 3 is 2.67 bits per heavy atom. The number of aryl methyl sites for hydroxylation is 1. The van der Waals surface area contributed by atoms with E-state index < -0.39 is 0 Å². The van der Waals surface area contributed by atoms with Crippen LogP contribution in [-0.4, -0.2) is 11.0 Å². The molecule has 1 aromatic heterocycles. The lowest BCUT2D eigenvalue weighted by Crippen LogP contribution is -2.33. The van der Waals surface area contributed by atoms with E-state index >= 15 is 0 Å². The van der Waals surface area contributed by atoms with E-state index in [1.54, 1.807) is 0 Å². The number of aromatic nitrogens is 1. The molecule has 21 heavy (non-hydrogen) atoms. The number of halogens is 1. The summed E-state index contributed by atoms with van der Waals surface area (Å²) in [5, 5.41) is 9.07. The molecule has 110 valence electrons. The first kappa shape index (κ1) is 14.4. The van der Waals surface area contributed by atoms with Crippen molar-refractivity contribution in [3.63, 3.8) is 0 Å². The molecule has 6 heteroatoms. The summed E-state index contributed by atoms with van der Waals surface area (Å²) >= 11 is 7.35. The molecule has 1 aliphatic rings.